The Morgan fingerprint density at radius 1 is 1.38 bits per heavy atom. The summed E-state index contributed by atoms with van der Waals surface area (Å²) in [6.07, 6.45) is -4.36. The van der Waals surface area contributed by atoms with E-state index in [9.17, 15) is 13.2 Å². The van der Waals surface area contributed by atoms with Gasteiger partial charge in [-0.25, -0.2) is 0 Å². The van der Waals surface area contributed by atoms with Gasteiger partial charge < -0.3 is 5.32 Å². The predicted molar refractivity (Wildman–Crippen MR) is 54.9 cm³/mol. The number of nitrogens with one attached hydrogen (secondary N) is 1. The Hall–Kier alpha value is -1.70. The Balaban J connectivity index is 3.04. The van der Waals surface area contributed by atoms with Gasteiger partial charge in [0, 0.05) is 5.69 Å². The first kappa shape index (κ1) is 12.4. The summed E-state index contributed by atoms with van der Waals surface area (Å²) in [4.78, 5) is 0. The van der Waals surface area contributed by atoms with Crippen LogP contribution in [0, 0.1) is 18.3 Å². The molecule has 1 rings (SSSR count). The molecule has 1 unspecified atom stereocenters. The Morgan fingerprint density at radius 3 is 2.50 bits per heavy atom. The van der Waals surface area contributed by atoms with Crippen LogP contribution < -0.4 is 5.32 Å². The Kier molecular flexibility index (Phi) is 3.43. The maximum Gasteiger partial charge on any atom is 0.416 e. The summed E-state index contributed by atoms with van der Waals surface area (Å²) in [5, 5.41) is 11.2. The lowest BCUT2D eigenvalue weighted by Crippen LogP contribution is -2.14. The molecule has 86 valence electrons. The fourth-order valence-corrected chi connectivity index (χ4v) is 1.30. The van der Waals surface area contributed by atoms with Crippen LogP contribution in [0.5, 0.6) is 0 Å². The third-order valence-corrected chi connectivity index (χ3v) is 2.12. The van der Waals surface area contributed by atoms with Crippen LogP contribution in [-0.4, -0.2) is 6.04 Å². The van der Waals surface area contributed by atoms with E-state index in [0.717, 1.165) is 6.07 Å². The zero-order chi connectivity index (χ0) is 12.3. The number of hydrogen-bond acceptors (Lipinski definition) is 2. The van der Waals surface area contributed by atoms with Gasteiger partial charge in [0.2, 0.25) is 0 Å². The second kappa shape index (κ2) is 4.44. The largest absolute Gasteiger partial charge is 0.416 e. The molecule has 1 aromatic carbocycles. The highest BCUT2D eigenvalue weighted by Crippen LogP contribution is 2.33. The summed E-state index contributed by atoms with van der Waals surface area (Å²) in [7, 11) is 0. The van der Waals surface area contributed by atoms with Gasteiger partial charge in [0.1, 0.15) is 6.04 Å². The van der Waals surface area contributed by atoms with Gasteiger partial charge in [0.05, 0.1) is 11.6 Å². The van der Waals surface area contributed by atoms with Crippen LogP contribution in [0.2, 0.25) is 0 Å². The normalized spacial score (nSPS) is 13.0. The van der Waals surface area contributed by atoms with Crippen molar-refractivity contribution in [3.63, 3.8) is 0 Å². The lowest BCUT2D eigenvalue weighted by Gasteiger charge is -2.14. The summed E-state index contributed by atoms with van der Waals surface area (Å²) >= 11 is 0. The van der Waals surface area contributed by atoms with Crippen molar-refractivity contribution in [2.24, 2.45) is 0 Å². The van der Waals surface area contributed by atoms with Gasteiger partial charge in [0.15, 0.2) is 0 Å². The van der Waals surface area contributed by atoms with Gasteiger partial charge >= 0.3 is 6.18 Å². The van der Waals surface area contributed by atoms with Crippen molar-refractivity contribution < 1.29 is 13.2 Å². The van der Waals surface area contributed by atoms with E-state index in [1.165, 1.54) is 19.1 Å². The van der Waals surface area contributed by atoms with Gasteiger partial charge in [-0.2, -0.15) is 18.4 Å². The molecule has 0 aliphatic heterocycles. The van der Waals surface area contributed by atoms with E-state index in [4.69, 9.17) is 5.26 Å². The molecule has 0 spiro atoms. The van der Waals surface area contributed by atoms with Crippen molar-refractivity contribution in [2.45, 2.75) is 26.1 Å². The second-order valence-electron chi connectivity index (χ2n) is 3.52. The zero-order valence-electron chi connectivity index (χ0n) is 8.89. The minimum atomic E-state index is -4.36. The first-order chi connectivity index (χ1) is 7.34. The minimum absolute atomic E-state index is 0.169. The molecule has 2 nitrogen and oxygen atoms in total. The lowest BCUT2D eigenvalue weighted by molar-refractivity contribution is -0.138. The van der Waals surface area contributed by atoms with Crippen molar-refractivity contribution in [1.29, 1.82) is 5.26 Å². The maximum absolute atomic E-state index is 12.6. The Labute approximate surface area is 91.7 Å². The molecule has 16 heavy (non-hydrogen) atoms. The lowest BCUT2D eigenvalue weighted by atomic mass is 10.1. The number of benzene rings is 1. The van der Waals surface area contributed by atoms with Gasteiger partial charge in [-0.15, -0.1) is 0 Å². The molecule has 0 fully saturated rings. The predicted octanol–water partition coefficient (Wildman–Crippen LogP) is 3.34. The number of nitrogens with zero attached hydrogens (tertiary/aromatic N) is 1. The monoisotopic (exact) mass is 228 g/mol. The summed E-state index contributed by atoms with van der Waals surface area (Å²) in [6, 6.07) is 5.30. The van der Waals surface area contributed by atoms with E-state index >= 15 is 0 Å². The van der Waals surface area contributed by atoms with Crippen LogP contribution in [0.3, 0.4) is 0 Å². The van der Waals surface area contributed by atoms with Crippen LogP contribution in [0.15, 0.2) is 18.2 Å². The van der Waals surface area contributed by atoms with Crippen molar-refractivity contribution >= 4 is 5.69 Å². The molecular formula is C11H11F3N2. The van der Waals surface area contributed by atoms with E-state index in [1.807, 2.05) is 6.07 Å². The first-order valence-electron chi connectivity index (χ1n) is 4.68. The summed E-state index contributed by atoms with van der Waals surface area (Å²) in [5.41, 5.74) is -0.211. The number of nitriles is 1. The molecule has 1 aromatic rings. The van der Waals surface area contributed by atoms with Crippen molar-refractivity contribution in [3.05, 3.63) is 29.3 Å². The number of rotatable bonds is 2. The standard InChI is InChI=1S/C11H11F3N2/c1-7-3-4-9(16-8(2)6-15)5-10(7)11(12,13)14/h3-5,8,16H,1-2H3. The Bertz CT molecular complexity index is 418. The number of alkyl halides is 3. The van der Waals surface area contributed by atoms with Gasteiger partial charge in [0.25, 0.3) is 0 Å². The van der Waals surface area contributed by atoms with Crippen LogP contribution in [-0.2, 0) is 6.18 Å². The summed E-state index contributed by atoms with van der Waals surface area (Å²) in [6.45, 7) is 2.98. The molecular weight excluding hydrogens is 217 g/mol. The number of halogens is 3. The highest BCUT2D eigenvalue weighted by Gasteiger charge is 2.32. The van der Waals surface area contributed by atoms with Gasteiger partial charge in [-0.05, 0) is 31.5 Å². The second-order valence-corrected chi connectivity index (χ2v) is 3.52. The molecule has 1 atom stereocenters. The highest BCUT2D eigenvalue weighted by molar-refractivity contribution is 5.50. The van der Waals surface area contributed by atoms with Crippen LogP contribution in [0.1, 0.15) is 18.1 Å². The SMILES string of the molecule is Cc1ccc(NC(C)C#N)cc1C(F)(F)F. The molecule has 0 amide bonds. The van der Waals surface area contributed by atoms with E-state index in [0.29, 0.717) is 5.69 Å². The quantitative estimate of drug-likeness (QED) is 0.842. The van der Waals surface area contributed by atoms with Gasteiger partial charge in [-0.3, -0.25) is 0 Å². The molecule has 0 radical (unpaired) electrons. The molecule has 0 bridgehead atoms. The molecule has 5 heteroatoms. The maximum atomic E-state index is 12.6. The molecule has 0 saturated carbocycles. The summed E-state index contributed by atoms with van der Waals surface area (Å²) < 4.78 is 37.7. The molecule has 0 aliphatic carbocycles. The molecule has 1 N–H and O–H groups in total. The van der Waals surface area contributed by atoms with Crippen molar-refractivity contribution in [1.82, 2.24) is 0 Å². The van der Waals surface area contributed by atoms with Crippen LogP contribution >= 0.6 is 0 Å². The third kappa shape index (κ3) is 2.89. The smallest absolute Gasteiger partial charge is 0.370 e. The fraction of sp³-hybridized carbons (Fsp3) is 0.364. The summed E-state index contributed by atoms with van der Waals surface area (Å²) in [5.74, 6) is 0. The third-order valence-electron chi connectivity index (χ3n) is 2.12. The highest BCUT2D eigenvalue weighted by atomic mass is 19.4. The van der Waals surface area contributed by atoms with E-state index < -0.39 is 17.8 Å². The molecule has 0 aromatic heterocycles. The number of hydrogen-bond donors (Lipinski definition) is 1. The topological polar surface area (TPSA) is 35.8 Å². The van der Waals surface area contributed by atoms with E-state index in [-0.39, 0.29) is 5.56 Å². The van der Waals surface area contributed by atoms with E-state index in [2.05, 4.69) is 5.32 Å². The Morgan fingerprint density at radius 2 is 2.00 bits per heavy atom. The van der Waals surface area contributed by atoms with Crippen molar-refractivity contribution in [2.75, 3.05) is 5.32 Å². The molecule has 0 heterocycles. The average Bonchev–Trinajstić information content (AvgIpc) is 2.19. The van der Waals surface area contributed by atoms with Crippen molar-refractivity contribution in [3.8, 4) is 6.07 Å². The van der Waals surface area contributed by atoms with Gasteiger partial charge in [-0.1, -0.05) is 6.07 Å². The first-order valence-corrected chi connectivity index (χ1v) is 4.68. The molecule has 0 saturated heterocycles. The van der Waals surface area contributed by atoms with E-state index in [1.54, 1.807) is 6.92 Å². The molecule has 0 aliphatic rings. The minimum Gasteiger partial charge on any atom is -0.370 e. The zero-order valence-corrected chi connectivity index (χ0v) is 8.89. The number of aryl methyl sites for hydroxylation is 1. The average molecular weight is 228 g/mol. The number of anilines is 1. The van der Waals surface area contributed by atoms with Crippen LogP contribution in [0.25, 0.3) is 0 Å². The fourth-order valence-electron chi connectivity index (χ4n) is 1.30. The van der Waals surface area contributed by atoms with Crippen LogP contribution in [0.4, 0.5) is 18.9 Å².